The van der Waals surface area contributed by atoms with Gasteiger partial charge in [0.25, 0.3) is 0 Å². The summed E-state index contributed by atoms with van der Waals surface area (Å²) < 4.78 is 0. The van der Waals surface area contributed by atoms with Crippen molar-refractivity contribution < 1.29 is 15.0 Å². The maximum atomic E-state index is 11.0. The van der Waals surface area contributed by atoms with E-state index in [0.717, 1.165) is 49.8 Å². The molecule has 2 aromatic rings. The lowest BCUT2D eigenvalue weighted by molar-refractivity contribution is 0.0702. The number of carboxylic acids is 1. The minimum atomic E-state index is -0.856. The van der Waals surface area contributed by atoms with E-state index in [1.54, 1.807) is 6.07 Å². The highest BCUT2D eigenvalue weighted by Crippen LogP contribution is 2.42. The minimum Gasteiger partial charge on any atom is -0.477 e. The van der Waals surface area contributed by atoms with Crippen molar-refractivity contribution in [3.63, 3.8) is 0 Å². The summed E-state index contributed by atoms with van der Waals surface area (Å²) in [5, 5.41) is 19.6. The Bertz CT molecular complexity index is 803. The molecule has 1 aliphatic carbocycles. The number of rotatable bonds is 10. The lowest BCUT2D eigenvalue weighted by atomic mass is 9.85. The van der Waals surface area contributed by atoms with Crippen molar-refractivity contribution in [1.82, 2.24) is 0 Å². The van der Waals surface area contributed by atoms with Crippen molar-refractivity contribution >= 4 is 28.9 Å². The molecule has 0 spiro atoms. The number of aromatic carboxylic acids is 1. The molecule has 4 atom stereocenters. The number of hydrogen-bond donors (Lipinski definition) is 2. The van der Waals surface area contributed by atoms with E-state index in [2.05, 4.69) is 31.2 Å². The maximum Gasteiger partial charge on any atom is 0.345 e. The zero-order valence-electron chi connectivity index (χ0n) is 17.0. The molecule has 1 fully saturated rings. The summed E-state index contributed by atoms with van der Waals surface area (Å²) in [6, 6.07) is 12.4. The Labute approximate surface area is 182 Å². The number of aliphatic hydroxyl groups excluding tert-OH is 1. The van der Waals surface area contributed by atoms with Gasteiger partial charge in [-0.05, 0) is 86.5 Å². The normalized spacial score (nSPS) is 24.1. The second-order valence-electron chi connectivity index (χ2n) is 8.18. The van der Waals surface area contributed by atoms with Crippen molar-refractivity contribution in [2.24, 2.45) is 11.8 Å². The monoisotopic (exact) mass is 434 g/mol. The van der Waals surface area contributed by atoms with E-state index in [9.17, 15) is 9.90 Å². The smallest absolute Gasteiger partial charge is 0.345 e. The third-order valence-electron chi connectivity index (χ3n) is 6.21. The van der Waals surface area contributed by atoms with E-state index in [0.29, 0.717) is 17.2 Å². The van der Waals surface area contributed by atoms with Gasteiger partial charge in [0.15, 0.2) is 0 Å². The summed E-state index contributed by atoms with van der Waals surface area (Å²) in [7, 11) is 0. The highest BCUT2D eigenvalue weighted by atomic mass is 35.5. The fraction of sp³-hybridized carbons (Fsp3) is 0.542. The Hall–Kier alpha value is -1.36. The molecule has 158 valence electrons. The Morgan fingerprint density at radius 2 is 1.83 bits per heavy atom. The van der Waals surface area contributed by atoms with Crippen molar-refractivity contribution in [1.29, 1.82) is 0 Å². The van der Waals surface area contributed by atoms with Crippen molar-refractivity contribution in [2.75, 3.05) is 0 Å². The van der Waals surface area contributed by atoms with Gasteiger partial charge in [-0.25, -0.2) is 4.79 Å². The molecule has 1 saturated carbocycles. The topological polar surface area (TPSA) is 57.5 Å². The number of benzene rings is 1. The van der Waals surface area contributed by atoms with E-state index in [1.165, 1.54) is 22.5 Å². The molecule has 0 radical (unpaired) electrons. The molecule has 1 aromatic heterocycles. The summed E-state index contributed by atoms with van der Waals surface area (Å²) in [4.78, 5) is 12.5. The number of alkyl halides is 1. The highest BCUT2D eigenvalue weighted by Gasteiger charge is 2.40. The van der Waals surface area contributed by atoms with Crippen LogP contribution in [0, 0.1) is 11.8 Å². The first-order valence-electron chi connectivity index (χ1n) is 10.7. The molecule has 1 aliphatic rings. The van der Waals surface area contributed by atoms with Gasteiger partial charge in [-0.3, -0.25) is 0 Å². The van der Waals surface area contributed by atoms with E-state index >= 15 is 0 Å². The molecule has 29 heavy (non-hydrogen) atoms. The van der Waals surface area contributed by atoms with Gasteiger partial charge in [0.05, 0.1) is 6.10 Å². The molecule has 0 aliphatic heterocycles. The van der Waals surface area contributed by atoms with Crippen molar-refractivity contribution in [3.05, 3.63) is 57.3 Å². The number of thiophene rings is 1. The molecule has 1 heterocycles. The predicted octanol–water partition coefficient (Wildman–Crippen LogP) is 5.96. The first-order valence-corrected chi connectivity index (χ1v) is 11.9. The second kappa shape index (κ2) is 10.6. The van der Waals surface area contributed by atoms with Crippen LogP contribution in [-0.2, 0) is 19.3 Å². The molecular formula is C24H31ClO3S. The van der Waals surface area contributed by atoms with E-state index in [1.807, 2.05) is 6.07 Å². The van der Waals surface area contributed by atoms with Crippen LogP contribution in [0.4, 0.5) is 0 Å². The number of aryl methyl sites for hydroxylation is 3. The Morgan fingerprint density at radius 3 is 2.55 bits per heavy atom. The molecule has 1 aromatic carbocycles. The lowest BCUT2D eigenvalue weighted by Crippen LogP contribution is -2.21. The summed E-state index contributed by atoms with van der Waals surface area (Å²) in [5.74, 6) is -0.247. The minimum absolute atomic E-state index is 0.0383. The van der Waals surface area contributed by atoms with Crippen LogP contribution in [0.1, 0.15) is 64.7 Å². The molecule has 4 unspecified atom stereocenters. The number of aliphatic hydroxyl groups is 1. The van der Waals surface area contributed by atoms with Gasteiger partial charge in [-0.2, -0.15) is 0 Å². The Morgan fingerprint density at radius 1 is 1.10 bits per heavy atom. The number of carboxylic acid groups (broad SMARTS) is 1. The third-order valence-corrected chi connectivity index (χ3v) is 7.85. The van der Waals surface area contributed by atoms with Crippen LogP contribution in [0.2, 0.25) is 0 Å². The van der Waals surface area contributed by atoms with Crippen LogP contribution < -0.4 is 0 Å². The first kappa shape index (κ1) is 22.3. The molecule has 3 rings (SSSR count). The van der Waals surface area contributed by atoms with Gasteiger partial charge in [0.2, 0.25) is 0 Å². The summed E-state index contributed by atoms with van der Waals surface area (Å²) in [5.41, 5.74) is 2.75. The summed E-state index contributed by atoms with van der Waals surface area (Å²) in [6.07, 6.45) is 7.42. The Balaban J connectivity index is 1.49. The van der Waals surface area contributed by atoms with Crippen molar-refractivity contribution in [3.8, 4) is 0 Å². The fourth-order valence-electron chi connectivity index (χ4n) is 4.62. The van der Waals surface area contributed by atoms with Crippen LogP contribution >= 0.6 is 22.9 Å². The lowest BCUT2D eigenvalue weighted by Gasteiger charge is -2.23. The summed E-state index contributed by atoms with van der Waals surface area (Å²) >= 11 is 7.95. The standard InChI is InChI=1S/C24H31ClO3S/c1-2-16-6-3-7-17(14-16)8-4-11-20-19(21(25)15-22(20)26)10-5-9-18-12-13-23(29-18)24(27)28/h3,6-7,12-14,19-22,26H,2,4-5,8-11,15H2,1H3,(H,27,28). The van der Waals surface area contributed by atoms with E-state index in [4.69, 9.17) is 16.7 Å². The molecule has 0 amide bonds. The zero-order valence-corrected chi connectivity index (χ0v) is 18.6. The molecule has 3 nitrogen and oxygen atoms in total. The van der Waals surface area contributed by atoms with Crippen LogP contribution in [-0.4, -0.2) is 27.7 Å². The number of halogens is 1. The number of hydrogen-bond acceptors (Lipinski definition) is 3. The van der Waals surface area contributed by atoms with Gasteiger partial charge in [0, 0.05) is 10.3 Å². The van der Waals surface area contributed by atoms with E-state index in [-0.39, 0.29) is 17.4 Å². The molecule has 0 bridgehead atoms. The SMILES string of the molecule is CCc1cccc(CCCC2C(O)CC(Cl)C2CCCc2ccc(C(=O)O)s2)c1. The van der Waals surface area contributed by atoms with Gasteiger partial charge in [0.1, 0.15) is 4.88 Å². The predicted molar refractivity (Wildman–Crippen MR) is 120 cm³/mol. The average molecular weight is 435 g/mol. The fourth-order valence-corrected chi connectivity index (χ4v) is 6.01. The highest BCUT2D eigenvalue weighted by molar-refractivity contribution is 7.13. The first-order chi connectivity index (χ1) is 14.0. The van der Waals surface area contributed by atoms with Crippen LogP contribution in [0.5, 0.6) is 0 Å². The van der Waals surface area contributed by atoms with Crippen molar-refractivity contribution in [2.45, 2.75) is 69.8 Å². The van der Waals surface area contributed by atoms with Gasteiger partial charge in [-0.1, -0.05) is 31.2 Å². The molecule has 2 N–H and O–H groups in total. The zero-order chi connectivity index (χ0) is 20.8. The Kier molecular flexibility index (Phi) is 8.16. The average Bonchev–Trinajstić information content (AvgIpc) is 3.28. The second-order valence-corrected chi connectivity index (χ2v) is 9.90. The van der Waals surface area contributed by atoms with Crippen LogP contribution in [0.25, 0.3) is 0 Å². The van der Waals surface area contributed by atoms with Crippen LogP contribution in [0.15, 0.2) is 36.4 Å². The largest absolute Gasteiger partial charge is 0.477 e. The van der Waals surface area contributed by atoms with Gasteiger partial charge < -0.3 is 10.2 Å². The molecule has 0 saturated heterocycles. The van der Waals surface area contributed by atoms with Gasteiger partial charge >= 0.3 is 5.97 Å². The van der Waals surface area contributed by atoms with Gasteiger partial charge in [-0.15, -0.1) is 22.9 Å². The summed E-state index contributed by atoms with van der Waals surface area (Å²) in [6.45, 7) is 2.18. The van der Waals surface area contributed by atoms with E-state index < -0.39 is 5.97 Å². The third kappa shape index (κ3) is 6.07. The van der Waals surface area contributed by atoms with Crippen LogP contribution in [0.3, 0.4) is 0 Å². The number of carbonyl (C=O) groups is 1. The molecule has 5 heteroatoms. The molecular weight excluding hydrogens is 404 g/mol. The quantitative estimate of drug-likeness (QED) is 0.453. The maximum absolute atomic E-state index is 11.0.